The van der Waals surface area contributed by atoms with E-state index in [0.717, 1.165) is 12.2 Å². The maximum absolute atomic E-state index is 5.43. The van der Waals surface area contributed by atoms with E-state index in [4.69, 9.17) is 5.84 Å². The third-order valence-corrected chi connectivity index (χ3v) is 2.77. The number of rotatable bonds is 5. The molecule has 0 aliphatic rings. The zero-order valence-electron chi connectivity index (χ0n) is 11.9. The fraction of sp³-hybridized carbons (Fsp3) is 0.308. The molecule has 0 fully saturated rings. The normalized spacial score (nSPS) is 10.2. The van der Waals surface area contributed by atoms with Crippen LogP contribution in [-0.4, -0.2) is 35.6 Å². The van der Waals surface area contributed by atoms with Crippen LogP contribution in [0.25, 0.3) is 0 Å². The van der Waals surface area contributed by atoms with E-state index < -0.39 is 0 Å². The lowest BCUT2D eigenvalue weighted by Crippen LogP contribution is -2.23. The molecule has 2 aromatic rings. The maximum Gasteiger partial charge on any atom is 0.243 e. The smallest absolute Gasteiger partial charge is 0.243 e. The molecule has 106 valence electrons. The fourth-order valence-corrected chi connectivity index (χ4v) is 1.79. The van der Waals surface area contributed by atoms with Crippen LogP contribution >= 0.6 is 0 Å². The van der Waals surface area contributed by atoms with Gasteiger partial charge in [0, 0.05) is 26.3 Å². The predicted octanol–water partition coefficient (Wildman–Crippen LogP) is 1.38. The van der Waals surface area contributed by atoms with E-state index in [0.29, 0.717) is 17.8 Å². The minimum atomic E-state index is 0.341. The Labute approximate surface area is 118 Å². The van der Waals surface area contributed by atoms with Crippen molar-refractivity contribution in [2.24, 2.45) is 5.84 Å². The van der Waals surface area contributed by atoms with Crippen LogP contribution in [0, 0.1) is 0 Å². The Morgan fingerprint density at radius 2 is 1.70 bits per heavy atom. The molecule has 3 N–H and O–H groups in total. The first-order valence-electron chi connectivity index (χ1n) is 6.38. The van der Waals surface area contributed by atoms with E-state index in [2.05, 4.69) is 20.4 Å². The van der Waals surface area contributed by atoms with E-state index in [9.17, 15) is 0 Å². The lowest BCUT2D eigenvalue weighted by molar-refractivity contribution is 0.894. The second-order valence-electron chi connectivity index (χ2n) is 4.38. The molecule has 0 spiro atoms. The molecule has 2 rings (SSSR count). The highest BCUT2D eigenvalue weighted by atomic mass is 15.4. The molecule has 7 nitrogen and oxygen atoms in total. The molecule has 0 saturated heterocycles. The molecule has 0 saturated carbocycles. The van der Waals surface area contributed by atoms with Crippen molar-refractivity contribution in [3.8, 4) is 0 Å². The van der Waals surface area contributed by atoms with Gasteiger partial charge >= 0.3 is 0 Å². The highest BCUT2D eigenvalue weighted by Crippen LogP contribution is 2.23. The van der Waals surface area contributed by atoms with Crippen LogP contribution in [0.15, 0.2) is 30.3 Å². The average Bonchev–Trinajstić information content (AvgIpc) is 2.48. The van der Waals surface area contributed by atoms with Gasteiger partial charge < -0.3 is 9.80 Å². The summed E-state index contributed by atoms with van der Waals surface area (Å²) in [5.41, 5.74) is 3.50. The number of nitrogens with zero attached hydrogens (tertiary/aromatic N) is 5. The van der Waals surface area contributed by atoms with Crippen LogP contribution in [0.2, 0.25) is 0 Å². The first kappa shape index (κ1) is 14.0. The number of hydrogen-bond donors (Lipinski definition) is 2. The van der Waals surface area contributed by atoms with Gasteiger partial charge in [0.25, 0.3) is 0 Å². The standard InChI is InChI=1S/C13H19N7/c1-4-20(10-8-6-5-7-9-10)13-16-11(18-14)15-12(17-13)19(2)3/h5-9H,4,14H2,1-3H3,(H,15,16,17,18). The summed E-state index contributed by atoms with van der Waals surface area (Å²) in [5.74, 6) is 6.88. The summed E-state index contributed by atoms with van der Waals surface area (Å²) in [6, 6.07) is 9.96. The van der Waals surface area contributed by atoms with Crippen molar-refractivity contribution >= 4 is 23.5 Å². The average molecular weight is 273 g/mol. The summed E-state index contributed by atoms with van der Waals surface area (Å²) in [6.45, 7) is 2.78. The van der Waals surface area contributed by atoms with Crippen molar-refractivity contribution in [2.45, 2.75) is 6.92 Å². The largest absolute Gasteiger partial charge is 0.347 e. The van der Waals surface area contributed by atoms with Crippen molar-refractivity contribution in [1.82, 2.24) is 15.0 Å². The first-order chi connectivity index (χ1) is 9.65. The summed E-state index contributed by atoms with van der Waals surface area (Å²) in [7, 11) is 3.75. The SMILES string of the molecule is CCN(c1ccccc1)c1nc(NN)nc(N(C)C)n1. The zero-order valence-corrected chi connectivity index (χ0v) is 11.9. The molecule has 0 aliphatic carbocycles. The molecular formula is C13H19N7. The highest BCUT2D eigenvalue weighted by molar-refractivity contribution is 5.58. The van der Waals surface area contributed by atoms with Gasteiger partial charge in [-0.15, -0.1) is 0 Å². The Balaban J connectivity index is 2.46. The number of para-hydroxylation sites is 1. The molecule has 0 atom stereocenters. The Bertz CT molecular complexity index is 556. The van der Waals surface area contributed by atoms with Gasteiger partial charge in [-0.2, -0.15) is 15.0 Å². The van der Waals surface area contributed by atoms with Crippen molar-refractivity contribution in [1.29, 1.82) is 0 Å². The molecule has 1 aromatic heterocycles. The van der Waals surface area contributed by atoms with Crippen LogP contribution in [0.4, 0.5) is 23.5 Å². The van der Waals surface area contributed by atoms with Crippen molar-refractivity contribution in [2.75, 3.05) is 35.9 Å². The minimum absolute atomic E-state index is 0.341. The fourth-order valence-electron chi connectivity index (χ4n) is 1.79. The van der Waals surface area contributed by atoms with E-state index in [1.807, 2.05) is 61.2 Å². The van der Waals surface area contributed by atoms with Crippen molar-refractivity contribution < 1.29 is 0 Å². The number of benzene rings is 1. The van der Waals surface area contributed by atoms with Gasteiger partial charge in [-0.3, -0.25) is 5.43 Å². The second-order valence-corrected chi connectivity index (χ2v) is 4.38. The molecular weight excluding hydrogens is 254 g/mol. The molecule has 20 heavy (non-hydrogen) atoms. The van der Waals surface area contributed by atoms with Crippen LogP contribution in [0.5, 0.6) is 0 Å². The van der Waals surface area contributed by atoms with Gasteiger partial charge in [-0.1, -0.05) is 18.2 Å². The Hall–Kier alpha value is -2.41. The van der Waals surface area contributed by atoms with Gasteiger partial charge in [0.15, 0.2) is 0 Å². The minimum Gasteiger partial charge on any atom is -0.347 e. The number of hydrazine groups is 1. The number of aromatic nitrogens is 3. The molecule has 0 bridgehead atoms. The number of nitrogen functional groups attached to an aromatic ring is 1. The third-order valence-electron chi connectivity index (χ3n) is 2.77. The van der Waals surface area contributed by atoms with E-state index in [1.165, 1.54) is 0 Å². The van der Waals surface area contributed by atoms with Gasteiger partial charge in [0.05, 0.1) is 0 Å². The zero-order chi connectivity index (χ0) is 14.5. The first-order valence-corrected chi connectivity index (χ1v) is 6.38. The molecule has 1 aromatic carbocycles. The Morgan fingerprint density at radius 3 is 2.25 bits per heavy atom. The Morgan fingerprint density at radius 1 is 1.05 bits per heavy atom. The lowest BCUT2D eigenvalue weighted by atomic mass is 10.3. The van der Waals surface area contributed by atoms with E-state index in [-0.39, 0.29) is 0 Å². The molecule has 0 unspecified atom stereocenters. The third kappa shape index (κ3) is 2.94. The molecule has 0 radical (unpaired) electrons. The van der Waals surface area contributed by atoms with Gasteiger partial charge in [-0.05, 0) is 19.1 Å². The van der Waals surface area contributed by atoms with Crippen LogP contribution in [0.1, 0.15) is 6.92 Å². The second kappa shape index (κ2) is 6.16. The summed E-state index contributed by atoms with van der Waals surface area (Å²) >= 11 is 0. The van der Waals surface area contributed by atoms with Crippen LogP contribution in [-0.2, 0) is 0 Å². The predicted molar refractivity (Wildman–Crippen MR) is 81.1 cm³/mol. The van der Waals surface area contributed by atoms with Gasteiger partial charge in [0.2, 0.25) is 17.8 Å². The lowest BCUT2D eigenvalue weighted by Gasteiger charge is -2.22. The number of nitrogens with one attached hydrogen (secondary N) is 1. The monoisotopic (exact) mass is 273 g/mol. The van der Waals surface area contributed by atoms with Crippen molar-refractivity contribution in [3.05, 3.63) is 30.3 Å². The number of nitrogens with two attached hydrogens (primary N) is 1. The summed E-state index contributed by atoms with van der Waals surface area (Å²) in [4.78, 5) is 16.8. The van der Waals surface area contributed by atoms with Gasteiger partial charge in [0.1, 0.15) is 0 Å². The topological polar surface area (TPSA) is 83.2 Å². The van der Waals surface area contributed by atoms with Gasteiger partial charge in [-0.25, -0.2) is 5.84 Å². The molecule has 7 heteroatoms. The van der Waals surface area contributed by atoms with E-state index in [1.54, 1.807) is 0 Å². The molecule has 0 aliphatic heterocycles. The molecule has 0 amide bonds. The number of hydrogen-bond acceptors (Lipinski definition) is 7. The van der Waals surface area contributed by atoms with Crippen LogP contribution in [0.3, 0.4) is 0 Å². The quantitative estimate of drug-likeness (QED) is 0.629. The maximum atomic E-state index is 5.43. The van der Waals surface area contributed by atoms with E-state index >= 15 is 0 Å². The summed E-state index contributed by atoms with van der Waals surface area (Å²) in [5, 5.41) is 0. The summed E-state index contributed by atoms with van der Waals surface area (Å²) in [6.07, 6.45) is 0. The molecule has 1 heterocycles. The summed E-state index contributed by atoms with van der Waals surface area (Å²) < 4.78 is 0. The highest BCUT2D eigenvalue weighted by Gasteiger charge is 2.14. The van der Waals surface area contributed by atoms with Crippen molar-refractivity contribution in [3.63, 3.8) is 0 Å². The number of anilines is 4. The van der Waals surface area contributed by atoms with Crippen LogP contribution < -0.4 is 21.1 Å². The Kier molecular flexibility index (Phi) is 4.31.